The molecule has 1 aromatic rings. The average Bonchev–Trinajstić information content (AvgIpc) is 2.17. The fourth-order valence-electron chi connectivity index (χ4n) is 1.16. The molecule has 3 N–H and O–H groups in total. The van der Waals surface area contributed by atoms with Crippen LogP contribution in [-0.4, -0.2) is 12.3 Å². The third kappa shape index (κ3) is 2.90. The summed E-state index contributed by atoms with van der Waals surface area (Å²) < 4.78 is 0. The normalized spacial score (nSPS) is 9.43. The van der Waals surface area contributed by atoms with Crippen molar-refractivity contribution in [3.63, 3.8) is 0 Å². The van der Waals surface area contributed by atoms with Crippen LogP contribution in [0.25, 0.3) is 0 Å². The summed E-state index contributed by atoms with van der Waals surface area (Å²) in [5, 5.41) is 2.47. The largest absolute Gasteiger partial charge is 0.352 e. The van der Waals surface area contributed by atoms with Crippen LogP contribution in [0.4, 0.5) is 4.79 Å². The van der Waals surface area contributed by atoms with E-state index < -0.39 is 6.03 Å². The van der Waals surface area contributed by atoms with Crippen molar-refractivity contribution in [2.45, 2.75) is 13.0 Å². The molecule has 0 saturated heterocycles. The molecule has 4 heteroatoms. The van der Waals surface area contributed by atoms with E-state index in [9.17, 15) is 9.59 Å². The maximum atomic E-state index is 10.5. The molecule has 1 radical (unpaired) electrons. The summed E-state index contributed by atoms with van der Waals surface area (Å²) in [5.74, 6) is 0. The highest BCUT2D eigenvalue weighted by Gasteiger charge is 2.01. The Morgan fingerprint density at radius 3 is 2.57 bits per heavy atom. The van der Waals surface area contributed by atoms with E-state index in [-0.39, 0.29) is 6.42 Å². The van der Waals surface area contributed by atoms with E-state index in [1.54, 1.807) is 0 Å². The van der Waals surface area contributed by atoms with Gasteiger partial charge in [-0.2, -0.15) is 0 Å². The molecule has 14 heavy (non-hydrogen) atoms. The molecule has 0 aliphatic carbocycles. The first-order valence-electron chi connectivity index (χ1n) is 4.19. The number of carbonyl (C=O) groups excluding carboxylic acids is 2. The van der Waals surface area contributed by atoms with Crippen LogP contribution >= 0.6 is 0 Å². The van der Waals surface area contributed by atoms with E-state index in [0.29, 0.717) is 6.54 Å². The Hall–Kier alpha value is -1.84. The lowest BCUT2D eigenvalue weighted by Gasteiger charge is -2.06. The molecular formula is C10H11N2O2. The minimum absolute atomic E-state index is 0.233. The highest BCUT2D eigenvalue weighted by atomic mass is 16.2. The number of hydrogen-bond donors (Lipinski definition) is 2. The van der Waals surface area contributed by atoms with Crippen molar-refractivity contribution in [1.82, 2.24) is 5.32 Å². The second kappa shape index (κ2) is 5.01. The number of carbonyl (C=O) groups is 1. The summed E-state index contributed by atoms with van der Waals surface area (Å²) in [6, 6.07) is 6.76. The first-order valence-corrected chi connectivity index (χ1v) is 4.19. The van der Waals surface area contributed by atoms with Gasteiger partial charge >= 0.3 is 6.03 Å². The number of benzene rings is 1. The quantitative estimate of drug-likeness (QED) is 0.727. The molecule has 0 unspecified atom stereocenters. The molecule has 0 saturated carbocycles. The Bertz CT molecular complexity index is 337. The minimum atomic E-state index is -0.574. The molecule has 0 fully saturated rings. The van der Waals surface area contributed by atoms with Crippen LogP contribution in [0.5, 0.6) is 0 Å². The van der Waals surface area contributed by atoms with Gasteiger partial charge in [-0.1, -0.05) is 24.3 Å². The van der Waals surface area contributed by atoms with Crippen LogP contribution in [0, 0.1) is 0 Å². The molecule has 0 bridgehead atoms. The maximum absolute atomic E-state index is 10.5. The molecule has 0 atom stereocenters. The summed E-state index contributed by atoms with van der Waals surface area (Å²) in [6.07, 6.45) is 2.05. The van der Waals surface area contributed by atoms with Crippen LogP contribution in [0.3, 0.4) is 0 Å². The molecule has 0 aliphatic heterocycles. The Balaban J connectivity index is 2.73. The number of amides is 2. The Kier molecular flexibility index (Phi) is 3.67. The Morgan fingerprint density at radius 1 is 1.36 bits per heavy atom. The van der Waals surface area contributed by atoms with Gasteiger partial charge in [0.25, 0.3) is 0 Å². The predicted molar refractivity (Wildman–Crippen MR) is 52.3 cm³/mol. The average molecular weight is 191 g/mol. The monoisotopic (exact) mass is 191 g/mol. The zero-order valence-corrected chi connectivity index (χ0v) is 7.62. The van der Waals surface area contributed by atoms with E-state index in [0.717, 1.165) is 11.1 Å². The summed E-state index contributed by atoms with van der Waals surface area (Å²) >= 11 is 0. The predicted octanol–water partition coefficient (Wildman–Crippen LogP) is 0.507. The Morgan fingerprint density at radius 2 is 2.00 bits per heavy atom. The molecule has 1 aromatic carbocycles. The maximum Gasteiger partial charge on any atom is 0.312 e. The molecule has 1 rings (SSSR count). The number of urea groups is 1. The SMILES string of the molecule is NC(=O)NCc1ccccc1C[C]=O. The number of rotatable bonds is 4. The van der Waals surface area contributed by atoms with Crippen molar-refractivity contribution in [1.29, 1.82) is 0 Å². The molecular weight excluding hydrogens is 180 g/mol. The van der Waals surface area contributed by atoms with E-state index in [1.165, 1.54) is 0 Å². The van der Waals surface area contributed by atoms with Gasteiger partial charge in [-0.05, 0) is 11.1 Å². The van der Waals surface area contributed by atoms with Crippen molar-refractivity contribution >= 4 is 12.3 Å². The van der Waals surface area contributed by atoms with Gasteiger partial charge in [-0.15, -0.1) is 0 Å². The van der Waals surface area contributed by atoms with Crippen LogP contribution in [0.2, 0.25) is 0 Å². The van der Waals surface area contributed by atoms with Gasteiger partial charge in [0.05, 0.1) is 0 Å². The van der Waals surface area contributed by atoms with E-state index in [2.05, 4.69) is 5.32 Å². The van der Waals surface area contributed by atoms with Gasteiger partial charge in [0.1, 0.15) is 0 Å². The van der Waals surface area contributed by atoms with E-state index in [4.69, 9.17) is 5.73 Å². The van der Waals surface area contributed by atoms with Crippen LogP contribution < -0.4 is 11.1 Å². The molecule has 0 aliphatic rings. The summed E-state index contributed by atoms with van der Waals surface area (Å²) in [4.78, 5) is 20.7. The van der Waals surface area contributed by atoms with Crippen molar-refractivity contribution in [3.05, 3.63) is 35.4 Å². The fraction of sp³-hybridized carbons (Fsp3) is 0.200. The van der Waals surface area contributed by atoms with Gasteiger partial charge < -0.3 is 11.1 Å². The molecule has 0 aromatic heterocycles. The van der Waals surface area contributed by atoms with E-state index in [1.807, 2.05) is 30.6 Å². The van der Waals surface area contributed by atoms with Gasteiger partial charge in [0, 0.05) is 13.0 Å². The summed E-state index contributed by atoms with van der Waals surface area (Å²) in [6.45, 7) is 0.340. The first kappa shape index (κ1) is 10.2. The molecule has 0 spiro atoms. The third-order valence-electron chi connectivity index (χ3n) is 1.83. The molecule has 2 amide bonds. The number of nitrogens with two attached hydrogens (primary N) is 1. The smallest absolute Gasteiger partial charge is 0.312 e. The molecule has 4 nitrogen and oxygen atoms in total. The van der Waals surface area contributed by atoms with E-state index >= 15 is 0 Å². The van der Waals surface area contributed by atoms with Crippen molar-refractivity contribution in [2.75, 3.05) is 0 Å². The lowest BCUT2D eigenvalue weighted by Crippen LogP contribution is -2.29. The van der Waals surface area contributed by atoms with Gasteiger partial charge in [0.15, 0.2) is 0 Å². The first-order chi connectivity index (χ1) is 6.74. The van der Waals surface area contributed by atoms with Crippen molar-refractivity contribution < 1.29 is 9.59 Å². The second-order valence-electron chi connectivity index (χ2n) is 2.81. The van der Waals surface area contributed by atoms with Gasteiger partial charge in [0.2, 0.25) is 6.29 Å². The summed E-state index contributed by atoms with van der Waals surface area (Å²) in [5.41, 5.74) is 6.68. The molecule has 0 heterocycles. The highest BCUT2D eigenvalue weighted by molar-refractivity contribution is 5.71. The zero-order valence-electron chi connectivity index (χ0n) is 7.62. The summed E-state index contributed by atoms with van der Waals surface area (Å²) in [7, 11) is 0. The minimum Gasteiger partial charge on any atom is -0.352 e. The van der Waals surface area contributed by atoms with Crippen molar-refractivity contribution in [2.24, 2.45) is 5.73 Å². The zero-order chi connectivity index (χ0) is 10.4. The lowest BCUT2D eigenvalue weighted by atomic mass is 10.1. The number of primary amides is 1. The topological polar surface area (TPSA) is 72.2 Å². The second-order valence-corrected chi connectivity index (χ2v) is 2.81. The van der Waals surface area contributed by atoms with Crippen molar-refractivity contribution in [3.8, 4) is 0 Å². The van der Waals surface area contributed by atoms with Gasteiger partial charge in [-0.25, -0.2) is 4.79 Å². The lowest BCUT2D eigenvalue weighted by molar-refractivity contribution is 0.248. The van der Waals surface area contributed by atoms with Gasteiger partial charge in [-0.3, -0.25) is 4.79 Å². The standard InChI is InChI=1S/C10H11N2O2/c11-10(14)12-7-9-4-2-1-3-8(9)5-6-13/h1-4H,5,7H2,(H3,11,12,14). The number of hydrogen-bond acceptors (Lipinski definition) is 2. The Labute approximate surface area is 82.1 Å². The third-order valence-corrected chi connectivity index (χ3v) is 1.83. The highest BCUT2D eigenvalue weighted by Crippen LogP contribution is 2.08. The van der Waals surface area contributed by atoms with Crippen LogP contribution in [-0.2, 0) is 17.8 Å². The number of nitrogens with one attached hydrogen (secondary N) is 1. The van der Waals surface area contributed by atoms with Crippen LogP contribution in [0.15, 0.2) is 24.3 Å². The van der Waals surface area contributed by atoms with Crippen LogP contribution in [0.1, 0.15) is 11.1 Å². The fourth-order valence-corrected chi connectivity index (χ4v) is 1.16. The molecule has 73 valence electrons.